The van der Waals surface area contributed by atoms with E-state index in [0.717, 1.165) is 47.0 Å². The molecule has 0 fully saturated rings. The molecule has 1 aliphatic rings. The lowest BCUT2D eigenvalue weighted by atomic mass is 10.2. The van der Waals surface area contributed by atoms with E-state index in [-0.39, 0.29) is 5.56 Å². The molecule has 2 aromatic carbocycles. The predicted octanol–water partition coefficient (Wildman–Crippen LogP) is 5.38. The molecule has 0 radical (unpaired) electrons. The molecule has 0 saturated carbocycles. The molecule has 1 heterocycles. The number of aromatic nitrogens is 2. The number of rotatable bonds is 5. The second-order valence-electron chi connectivity index (χ2n) is 6.54. The number of nitrogens with zero attached hydrogens (tertiary/aromatic N) is 2. The first kappa shape index (κ1) is 18.6. The maximum absolute atomic E-state index is 13.1. The predicted molar refractivity (Wildman–Crippen MR) is 112 cm³/mol. The van der Waals surface area contributed by atoms with E-state index in [9.17, 15) is 4.79 Å². The lowest BCUT2D eigenvalue weighted by molar-refractivity contribution is 0.632. The highest BCUT2D eigenvalue weighted by atomic mass is 35.5. The lowest BCUT2D eigenvalue weighted by Gasteiger charge is -2.15. The molecule has 0 saturated heterocycles. The summed E-state index contributed by atoms with van der Waals surface area (Å²) in [5.41, 5.74) is 3.76. The van der Waals surface area contributed by atoms with Gasteiger partial charge in [-0.05, 0) is 37.0 Å². The Hall–Kier alpha value is -1.75. The minimum Gasteiger partial charge on any atom is -0.283 e. The van der Waals surface area contributed by atoms with Crippen LogP contribution in [-0.4, -0.2) is 9.55 Å². The van der Waals surface area contributed by atoms with Crippen molar-refractivity contribution in [2.45, 2.75) is 36.7 Å². The zero-order chi connectivity index (χ0) is 18.8. The van der Waals surface area contributed by atoms with Crippen molar-refractivity contribution in [2.24, 2.45) is 0 Å². The summed E-state index contributed by atoms with van der Waals surface area (Å²) >= 11 is 14.3. The first-order valence-corrected chi connectivity index (χ1v) is 10.6. The van der Waals surface area contributed by atoms with E-state index in [2.05, 4.69) is 12.1 Å². The van der Waals surface area contributed by atoms with Gasteiger partial charge in [-0.3, -0.25) is 9.36 Å². The number of hydrogen-bond donors (Lipinski definition) is 0. The normalized spacial score (nSPS) is 13.0. The van der Waals surface area contributed by atoms with Crippen molar-refractivity contribution in [3.63, 3.8) is 0 Å². The van der Waals surface area contributed by atoms with E-state index < -0.39 is 0 Å². The second kappa shape index (κ2) is 8.09. The molecule has 138 valence electrons. The van der Waals surface area contributed by atoms with Crippen LogP contribution < -0.4 is 5.56 Å². The van der Waals surface area contributed by atoms with Gasteiger partial charge in [-0.2, -0.15) is 0 Å². The van der Waals surface area contributed by atoms with Crippen LogP contribution in [0.3, 0.4) is 0 Å². The Morgan fingerprint density at radius 1 is 1.00 bits per heavy atom. The van der Waals surface area contributed by atoms with Gasteiger partial charge in [0.2, 0.25) is 0 Å². The van der Waals surface area contributed by atoms with Gasteiger partial charge in [-0.1, -0.05) is 71.4 Å². The van der Waals surface area contributed by atoms with Crippen molar-refractivity contribution in [2.75, 3.05) is 0 Å². The lowest BCUT2D eigenvalue weighted by Crippen LogP contribution is -2.27. The molecule has 0 bridgehead atoms. The van der Waals surface area contributed by atoms with Crippen LogP contribution in [0, 0.1) is 0 Å². The monoisotopic (exact) mass is 416 g/mol. The fourth-order valence-electron chi connectivity index (χ4n) is 3.32. The Kier molecular flexibility index (Phi) is 5.58. The topological polar surface area (TPSA) is 34.9 Å². The van der Waals surface area contributed by atoms with Gasteiger partial charge < -0.3 is 0 Å². The molecule has 1 aromatic heterocycles. The van der Waals surface area contributed by atoms with Crippen LogP contribution in [0.1, 0.15) is 28.8 Å². The van der Waals surface area contributed by atoms with Crippen LogP contribution in [0.2, 0.25) is 10.0 Å². The van der Waals surface area contributed by atoms with Gasteiger partial charge in [-0.25, -0.2) is 4.98 Å². The average Bonchev–Trinajstić information content (AvgIpc) is 3.14. The summed E-state index contributed by atoms with van der Waals surface area (Å²) in [5.74, 6) is 0.752. The summed E-state index contributed by atoms with van der Waals surface area (Å²) in [4.78, 5) is 18.0. The van der Waals surface area contributed by atoms with Gasteiger partial charge in [0.15, 0.2) is 5.16 Å². The van der Waals surface area contributed by atoms with Crippen molar-refractivity contribution >= 4 is 35.0 Å². The molecule has 0 unspecified atom stereocenters. The first-order valence-electron chi connectivity index (χ1n) is 8.85. The van der Waals surface area contributed by atoms with E-state index >= 15 is 0 Å². The van der Waals surface area contributed by atoms with Crippen LogP contribution >= 0.6 is 35.0 Å². The molecule has 3 nitrogen and oxygen atoms in total. The fraction of sp³-hybridized carbons (Fsp3) is 0.238. The van der Waals surface area contributed by atoms with Crippen LogP contribution in [0.5, 0.6) is 0 Å². The van der Waals surface area contributed by atoms with Gasteiger partial charge in [0.05, 0.1) is 12.2 Å². The van der Waals surface area contributed by atoms with E-state index in [1.807, 2.05) is 24.3 Å². The van der Waals surface area contributed by atoms with Crippen molar-refractivity contribution < 1.29 is 0 Å². The minimum absolute atomic E-state index is 0.0315. The number of benzene rings is 2. The molecular weight excluding hydrogens is 399 g/mol. The second-order valence-corrected chi connectivity index (χ2v) is 8.30. The van der Waals surface area contributed by atoms with E-state index in [1.165, 1.54) is 5.56 Å². The van der Waals surface area contributed by atoms with Crippen LogP contribution in [0.15, 0.2) is 58.5 Å². The van der Waals surface area contributed by atoms with Crippen LogP contribution in [-0.2, 0) is 25.1 Å². The van der Waals surface area contributed by atoms with Gasteiger partial charge in [0.1, 0.15) is 0 Å². The van der Waals surface area contributed by atoms with Gasteiger partial charge in [-0.15, -0.1) is 0 Å². The van der Waals surface area contributed by atoms with E-state index in [4.69, 9.17) is 28.2 Å². The highest BCUT2D eigenvalue weighted by Crippen LogP contribution is 2.28. The van der Waals surface area contributed by atoms with Gasteiger partial charge in [0.25, 0.3) is 5.56 Å². The minimum atomic E-state index is 0.0315. The number of hydrogen-bond acceptors (Lipinski definition) is 3. The fourth-order valence-corrected chi connectivity index (χ4v) is 4.80. The molecule has 1 aliphatic carbocycles. The summed E-state index contributed by atoms with van der Waals surface area (Å²) in [6.07, 6.45) is 2.65. The maximum atomic E-state index is 13.1. The molecule has 0 amide bonds. The summed E-state index contributed by atoms with van der Waals surface area (Å²) in [6, 6.07) is 15.6. The maximum Gasteiger partial charge on any atom is 0.257 e. The Bertz CT molecular complexity index is 1010. The molecule has 0 atom stereocenters. The summed E-state index contributed by atoms with van der Waals surface area (Å²) in [6.45, 7) is 0.328. The molecular formula is C21H18Cl2N2OS. The van der Waals surface area contributed by atoms with Crippen molar-refractivity contribution in [1.82, 2.24) is 9.55 Å². The third-order valence-electron chi connectivity index (χ3n) is 4.74. The summed E-state index contributed by atoms with van der Waals surface area (Å²) in [7, 11) is 0. The SMILES string of the molecule is O=c1c2c(nc(SCc3ccccc3)n1Cc1c(Cl)cccc1Cl)CCC2. The first-order chi connectivity index (χ1) is 13.1. The van der Waals surface area contributed by atoms with Crippen molar-refractivity contribution in [3.8, 4) is 0 Å². The number of aryl methyl sites for hydroxylation is 1. The molecule has 0 N–H and O–H groups in total. The van der Waals surface area contributed by atoms with Gasteiger partial charge in [0, 0.05) is 26.9 Å². The van der Waals surface area contributed by atoms with Gasteiger partial charge >= 0.3 is 0 Å². The van der Waals surface area contributed by atoms with E-state index in [0.29, 0.717) is 16.6 Å². The Labute approximate surface area is 172 Å². The zero-order valence-corrected chi connectivity index (χ0v) is 16.9. The number of fused-ring (bicyclic) bond motifs is 1. The summed E-state index contributed by atoms with van der Waals surface area (Å²) in [5, 5.41) is 1.85. The van der Waals surface area contributed by atoms with Crippen LogP contribution in [0.25, 0.3) is 0 Å². The quantitative estimate of drug-likeness (QED) is 0.413. The molecule has 3 aromatic rings. The van der Waals surface area contributed by atoms with Crippen molar-refractivity contribution in [3.05, 3.63) is 91.3 Å². The Balaban J connectivity index is 1.73. The highest BCUT2D eigenvalue weighted by Gasteiger charge is 2.22. The third-order valence-corrected chi connectivity index (χ3v) is 6.50. The third kappa shape index (κ3) is 3.93. The number of thioether (sulfide) groups is 1. The molecule has 27 heavy (non-hydrogen) atoms. The molecule has 0 spiro atoms. The zero-order valence-electron chi connectivity index (χ0n) is 14.6. The van der Waals surface area contributed by atoms with Crippen LogP contribution in [0.4, 0.5) is 0 Å². The standard InChI is InChI=1S/C21H18Cl2N2OS/c22-17-9-5-10-18(23)16(17)12-25-20(26)15-8-4-11-19(15)24-21(25)27-13-14-6-2-1-3-7-14/h1-3,5-7,9-10H,4,8,11-13H2. The summed E-state index contributed by atoms with van der Waals surface area (Å²) < 4.78 is 1.73. The number of halogens is 2. The van der Waals surface area contributed by atoms with E-state index in [1.54, 1.807) is 28.5 Å². The molecule has 0 aliphatic heterocycles. The largest absolute Gasteiger partial charge is 0.283 e. The molecule has 6 heteroatoms. The highest BCUT2D eigenvalue weighted by molar-refractivity contribution is 7.98. The average molecular weight is 417 g/mol. The Morgan fingerprint density at radius 2 is 1.74 bits per heavy atom. The smallest absolute Gasteiger partial charge is 0.257 e. The Morgan fingerprint density at radius 3 is 2.48 bits per heavy atom. The van der Waals surface area contributed by atoms with Crippen molar-refractivity contribution in [1.29, 1.82) is 0 Å². The molecule has 4 rings (SSSR count).